The van der Waals surface area contributed by atoms with Crippen molar-refractivity contribution < 1.29 is 4.74 Å². The molecule has 0 saturated carbocycles. The first-order valence-corrected chi connectivity index (χ1v) is 7.93. The molecule has 1 heterocycles. The second-order valence-electron chi connectivity index (χ2n) is 5.75. The van der Waals surface area contributed by atoms with Crippen LogP contribution in [0.5, 0.6) is 0 Å². The van der Waals surface area contributed by atoms with Crippen LogP contribution < -0.4 is 10.2 Å². The first-order valence-electron chi connectivity index (χ1n) is 7.55. The number of nitrogens with zero attached hydrogens (tertiary/aromatic N) is 2. The van der Waals surface area contributed by atoms with Crippen LogP contribution in [-0.2, 0) is 11.3 Å². The molecule has 0 aromatic heterocycles. The molecule has 1 aromatic rings. The summed E-state index contributed by atoms with van der Waals surface area (Å²) in [6, 6.07) is 6.92. The van der Waals surface area contributed by atoms with Gasteiger partial charge >= 0.3 is 0 Å². The highest BCUT2D eigenvalue weighted by Crippen LogP contribution is 2.26. The van der Waals surface area contributed by atoms with Crippen LogP contribution in [0.2, 0.25) is 5.02 Å². The number of halogens is 1. The summed E-state index contributed by atoms with van der Waals surface area (Å²) in [5, 5.41) is 4.16. The van der Waals surface area contributed by atoms with Gasteiger partial charge in [-0.3, -0.25) is 0 Å². The van der Waals surface area contributed by atoms with Crippen molar-refractivity contribution in [3.8, 4) is 0 Å². The smallest absolute Gasteiger partial charge is 0.0587 e. The van der Waals surface area contributed by atoms with E-state index in [9.17, 15) is 0 Å². The van der Waals surface area contributed by atoms with Crippen LogP contribution in [0.3, 0.4) is 0 Å². The summed E-state index contributed by atoms with van der Waals surface area (Å²) in [4.78, 5) is 4.81. The lowest BCUT2D eigenvalue weighted by molar-refractivity contribution is 0.199. The van der Waals surface area contributed by atoms with E-state index in [-0.39, 0.29) is 0 Å². The Kier molecular flexibility index (Phi) is 6.30. The quantitative estimate of drug-likeness (QED) is 0.815. The minimum atomic E-state index is 0.519. The Morgan fingerprint density at radius 2 is 2.19 bits per heavy atom. The lowest BCUT2D eigenvalue weighted by atomic mass is 10.1. The van der Waals surface area contributed by atoms with Gasteiger partial charge in [-0.2, -0.15) is 0 Å². The Morgan fingerprint density at radius 3 is 2.86 bits per heavy atom. The first kappa shape index (κ1) is 16.6. The standard InChI is InChI=1S/C16H26ClN3O/c1-13-12-19(2)7-8-20(13)15-5-4-14(16(17)10-15)11-18-6-9-21-3/h4-5,10,13,18H,6-9,11-12H2,1-3H3. The number of rotatable bonds is 6. The fourth-order valence-electron chi connectivity index (χ4n) is 2.78. The van der Waals surface area contributed by atoms with E-state index in [2.05, 4.69) is 47.3 Å². The number of piperazine rings is 1. The van der Waals surface area contributed by atoms with Gasteiger partial charge in [-0.15, -0.1) is 0 Å². The molecule has 0 amide bonds. The van der Waals surface area contributed by atoms with Crippen molar-refractivity contribution in [2.45, 2.75) is 19.5 Å². The fourth-order valence-corrected chi connectivity index (χ4v) is 3.02. The summed E-state index contributed by atoms with van der Waals surface area (Å²) in [5.41, 5.74) is 2.36. The van der Waals surface area contributed by atoms with E-state index in [4.69, 9.17) is 16.3 Å². The Hall–Kier alpha value is -0.810. The lowest BCUT2D eigenvalue weighted by Crippen LogP contribution is -2.50. The van der Waals surface area contributed by atoms with Crippen molar-refractivity contribution in [3.63, 3.8) is 0 Å². The average molecular weight is 312 g/mol. The maximum absolute atomic E-state index is 6.43. The van der Waals surface area contributed by atoms with E-state index in [1.807, 2.05) is 0 Å². The molecule has 1 unspecified atom stereocenters. The zero-order valence-electron chi connectivity index (χ0n) is 13.2. The molecule has 1 aliphatic rings. The summed E-state index contributed by atoms with van der Waals surface area (Å²) < 4.78 is 5.02. The number of hydrogen-bond acceptors (Lipinski definition) is 4. The molecule has 1 saturated heterocycles. The van der Waals surface area contributed by atoms with Gasteiger partial charge in [-0.05, 0) is 31.7 Å². The molecule has 1 aliphatic heterocycles. The van der Waals surface area contributed by atoms with E-state index < -0.39 is 0 Å². The van der Waals surface area contributed by atoms with Crippen molar-refractivity contribution in [1.82, 2.24) is 10.2 Å². The normalized spacial score (nSPS) is 20.0. The molecule has 118 valence electrons. The Labute approximate surface area is 133 Å². The van der Waals surface area contributed by atoms with Crippen LogP contribution in [0.4, 0.5) is 5.69 Å². The van der Waals surface area contributed by atoms with E-state index in [1.54, 1.807) is 7.11 Å². The van der Waals surface area contributed by atoms with Gasteiger partial charge in [0, 0.05) is 56.6 Å². The fraction of sp³-hybridized carbons (Fsp3) is 0.625. The molecule has 5 heteroatoms. The third-order valence-electron chi connectivity index (χ3n) is 4.00. The monoisotopic (exact) mass is 311 g/mol. The van der Waals surface area contributed by atoms with Gasteiger partial charge in [0.05, 0.1) is 6.61 Å². The van der Waals surface area contributed by atoms with Crippen molar-refractivity contribution in [3.05, 3.63) is 28.8 Å². The van der Waals surface area contributed by atoms with Crippen LogP contribution in [-0.4, -0.2) is 57.9 Å². The van der Waals surface area contributed by atoms with Crippen LogP contribution in [0.1, 0.15) is 12.5 Å². The Balaban J connectivity index is 1.98. The zero-order valence-corrected chi connectivity index (χ0v) is 14.0. The summed E-state index contributed by atoms with van der Waals surface area (Å²) >= 11 is 6.43. The van der Waals surface area contributed by atoms with E-state index in [0.29, 0.717) is 12.6 Å². The summed E-state index contributed by atoms with van der Waals surface area (Å²) in [6.07, 6.45) is 0. The van der Waals surface area contributed by atoms with Crippen LogP contribution in [0, 0.1) is 0 Å². The Morgan fingerprint density at radius 1 is 1.38 bits per heavy atom. The molecular weight excluding hydrogens is 286 g/mol. The van der Waals surface area contributed by atoms with Gasteiger partial charge in [-0.1, -0.05) is 17.7 Å². The number of hydrogen-bond donors (Lipinski definition) is 1. The maximum Gasteiger partial charge on any atom is 0.0587 e. The van der Waals surface area contributed by atoms with Crippen LogP contribution in [0.25, 0.3) is 0 Å². The highest BCUT2D eigenvalue weighted by atomic mass is 35.5. The molecule has 1 N–H and O–H groups in total. The molecule has 1 aromatic carbocycles. The highest BCUT2D eigenvalue weighted by molar-refractivity contribution is 6.31. The minimum Gasteiger partial charge on any atom is -0.383 e. The van der Waals surface area contributed by atoms with Gasteiger partial charge in [0.1, 0.15) is 0 Å². The minimum absolute atomic E-state index is 0.519. The molecule has 1 fully saturated rings. The van der Waals surface area contributed by atoms with Gasteiger partial charge in [0.2, 0.25) is 0 Å². The second-order valence-corrected chi connectivity index (χ2v) is 6.16. The van der Waals surface area contributed by atoms with Gasteiger partial charge in [0.15, 0.2) is 0 Å². The predicted octanol–water partition coefficient (Wildman–Crippen LogP) is 2.22. The summed E-state index contributed by atoms with van der Waals surface area (Å²) in [6.45, 7) is 7.85. The molecule has 0 spiro atoms. The molecule has 0 bridgehead atoms. The number of likely N-dealkylation sites (N-methyl/N-ethyl adjacent to an activating group) is 1. The van der Waals surface area contributed by atoms with E-state index in [0.717, 1.165) is 43.3 Å². The molecule has 0 aliphatic carbocycles. The van der Waals surface area contributed by atoms with Gasteiger partial charge in [0.25, 0.3) is 0 Å². The van der Waals surface area contributed by atoms with Crippen LogP contribution in [0.15, 0.2) is 18.2 Å². The molecule has 1 atom stereocenters. The lowest BCUT2D eigenvalue weighted by Gasteiger charge is -2.40. The molecule has 2 rings (SSSR count). The van der Waals surface area contributed by atoms with Crippen LogP contribution >= 0.6 is 11.6 Å². The first-order chi connectivity index (χ1) is 10.1. The van der Waals surface area contributed by atoms with Crippen molar-refractivity contribution in [1.29, 1.82) is 0 Å². The van der Waals surface area contributed by atoms with Gasteiger partial charge < -0.3 is 19.9 Å². The third kappa shape index (κ3) is 4.58. The van der Waals surface area contributed by atoms with Crippen molar-refractivity contribution >= 4 is 17.3 Å². The zero-order chi connectivity index (χ0) is 15.2. The Bertz CT molecular complexity index is 455. The van der Waals surface area contributed by atoms with E-state index >= 15 is 0 Å². The van der Waals surface area contributed by atoms with Gasteiger partial charge in [-0.25, -0.2) is 0 Å². The maximum atomic E-state index is 6.43. The summed E-state index contributed by atoms with van der Waals surface area (Å²) in [5.74, 6) is 0. The molecule has 21 heavy (non-hydrogen) atoms. The molecular formula is C16H26ClN3O. The highest BCUT2D eigenvalue weighted by Gasteiger charge is 2.22. The number of methoxy groups -OCH3 is 1. The molecule has 0 radical (unpaired) electrons. The largest absolute Gasteiger partial charge is 0.383 e. The average Bonchev–Trinajstić information content (AvgIpc) is 2.45. The second kappa shape index (κ2) is 7.99. The number of benzene rings is 1. The summed E-state index contributed by atoms with van der Waals surface area (Å²) in [7, 11) is 3.89. The molecule has 4 nitrogen and oxygen atoms in total. The number of nitrogens with one attached hydrogen (secondary N) is 1. The van der Waals surface area contributed by atoms with Crippen molar-refractivity contribution in [2.75, 3.05) is 51.8 Å². The van der Waals surface area contributed by atoms with Crippen molar-refractivity contribution in [2.24, 2.45) is 0 Å². The number of anilines is 1. The van der Waals surface area contributed by atoms with E-state index in [1.165, 1.54) is 5.69 Å². The number of ether oxygens (including phenoxy) is 1. The topological polar surface area (TPSA) is 27.7 Å². The third-order valence-corrected chi connectivity index (χ3v) is 4.35. The predicted molar refractivity (Wildman–Crippen MR) is 89.3 cm³/mol. The SMILES string of the molecule is COCCNCc1ccc(N2CCN(C)CC2C)cc1Cl.